The SMILES string of the molecule is Cl.Cl.O=C(NO)/C(F)=C/c1cnc(N[C@@H]2CCN(C3CCCC3)C2)c(Cl)c1. The molecule has 0 unspecified atom stereocenters. The maximum Gasteiger partial charge on any atom is 0.303 e. The molecule has 0 bridgehead atoms. The molecule has 1 atom stereocenters. The van der Waals surface area contributed by atoms with Crippen LogP contribution in [-0.2, 0) is 4.79 Å². The average Bonchev–Trinajstić information content (AvgIpc) is 3.27. The van der Waals surface area contributed by atoms with E-state index in [1.807, 2.05) is 0 Å². The fourth-order valence-corrected chi connectivity index (χ4v) is 3.83. The number of amides is 1. The molecule has 27 heavy (non-hydrogen) atoms. The molecular weight excluding hydrogens is 418 g/mol. The van der Waals surface area contributed by atoms with Crippen molar-refractivity contribution >= 4 is 54.2 Å². The Morgan fingerprint density at radius 3 is 2.67 bits per heavy atom. The molecule has 2 fully saturated rings. The van der Waals surface area contributed by atoms with Crippen molar-refractivity contribution in [3.05, 3.63) is 28.7 Å². The summed E-state index contributed by atoms with van der Waals surface area (Å²) < 4.78 is 13.4. The summed E-state index contributed by atoms with van der Waals surface area (Å²) in [5.41, 5.74) is 1.58. The van der Waals surface area contributed by atoms with E-state index in [4.69, 9.17) is 16.8 Å². The van der Waals surface area contributed by atoms with Crippen LogP contribution in [0.4, 0.5) is 10.2 Å². The van der Waals surface area contributed by atoms with E-state index < -0.39 is 11.7 Å². The van der Waals surface area contributed by atoms with Crippen LogP contribution in [0.3, 0.4) is 0 Å². The number of nitrogens with one attached hydrogen (secondary N) is 2. The van der Waals surface area contributed by atoms with Crippen molar-refractivity contribution in [3.63, 3.8) is 0 Å². The second-order valence-corrected chi connectivity index (χ2v) is 7.00. The summed E-state index contributed by atoms with van der Waals surface area (Å²) in [5.74, 6) is -1.77. The number of likely N-dealkylation sites (tertiary alicyclic amines) is 1. The molecule has 1 aromatic heterocycles. The van der Waals surface area contributed by atoms with E-state index in [1.54, 1.807) is 0 Å². The third-order valence-corrected chi connectivity index (χ3v) is 5.16. The van der Waals surface area contributed by atoms with Crippen molar-refractivity contribution in [2.45, 2.75) is 44.2 Å². The Hall–Kier alpha value is -1.12. The predicted octanol–water partition coefficient (Wildman–Crippen LogP) is 3.82. The van der Waals surface area contributed by atoms with Crippen LogP contribution in [-0.4, -0.2) is 46.2 Å². The minimum Gasteiger partial charge on any atom is -0.365 e. The molecule has 0 spiro atoms. The predicted molar refractivity (Wildman–Crippen MR) is 109 cm³/mol. The van der Waals surface area contributed by atoms with Gasteiger partial charge in [0.05, 0.1) is 5.02 Å². The summed E-state index contributed by atoms with van der Waals surface area (Å²) >= 11 is 6.23. The molecule has 6 nitrogen and oxygen atoms in total. The lowest BCUT2D eigenvalue weighted by Gasteiger charge is -2.23. The van der Waals surface area contributed by atoms with E-state index in [1.165, 1.54) is 43.4 Å². The van der Waals surface area contributed by atoms with Gasteiger partial charge in [0.15, 0.2) is 5.83 Å². The maximum atomic E-state index is 13.4. The van der Waals surface area contributed by atoms with Gasteiger partial charge in [-0.1, -0.05) is 24.4 Å². The summed E-state index contributed by atoms with van der Waals surface area (Å²) in [6.07, 6.45) is 8.67. The molecule has 0 aromatic carbocycles. The molecule has 1 saturated heterocycles. The Bertz CT molecular complexity index is 672. The molecule has 2 heterocycles. The lowest BCUT2D eigenvalue weighted by Crippen LogP contribution is -2.33. The molecule has 1 aliphatic carbocycles. The van der Waals surface area contributed by atoms with Crippen LogP contribution in [0.5, 0.6) is 0 Å². The number of aromatic nitrogens is 1. The molecule has 2 aliphatic rings. The van der Waals surface area contributed by atoms with Gasteiger partial charge < -0.3 is 5.32 Å². The highest BCUT2D eigenvalue weighted by Gasteiger charge is 2.30. The summed E-state index contributed by atoms with van der Waals surface area (Å²) in [7, 11) is 0. The molecule has 3 N–H and O–H groups in total. The number of rotatable bonds is 5. The Kier molecular flexibility index (Phi) is 9.76. The molecule has 10 heteroatoms. The molecular formula is C17H24Cl3FN4O2. The van der Waals surface area contributed by atoms with Crippen LogP contribution in [0, 0.1) is 0 Å². The van der Waals surface area contributed by atoms with Crippen molar-refractivity contribution in [1.82, 2.24) is 15.4 Å². The van der Waals surface area contributed by atoms with Crippen LogP contribution >= 0.6 is 36.4 Å². The van der Waals surface area contributed by atoms with Crippen molar-refractivity contribution in [3.8, 4) is 0 Å². The number of carbonyl (C=O) groups excluding carboxylic acids is 1. The Morgan fingerprint density at radius 1 is 1.33 bits per heavy atom. The van der Waals surface area contributed by atoms with Gasteiger partial charge >= 0.3 is 5.91 Å². The van der Waals surface area contributed by atoms with Crippen LogP contribution in [0.15, 0.2) is 18.1 Å². The van der Waals surface area contributed by atoms with Gasteiger partial charge in [-0.15, -0.1) is 24.8 Å². The summed E-state index contributed by atoms with van der Waals surface area (Å²) in [4.78, 5) is 17.7. The quantitative estimate of drug-likeness (QED) is 0.368. The van der Waals surface area contributed by atoms with E-state index in [0.717, 1.165) is 25.6 Å². The summed E-state index contributed by atoms with van der Waals surface area (Å²) in [6, 6.07) is 2.54. The van der Waals surface area contributed by atoms with Gasteiger partial charge in [0.2, 0.25) is 0 Å². The highest BCUT2D eigenvalue weighted by atomic mass is 35.5. The Labute approximate surface area is 175 Å². The number of carbonyl (C=O) groups is 1. The van der Waals surface area contributed by atoms with E-state index in [-0.39, 0.29) is 24.8 Å². The van der Waals surface area contributed by atoms with E-state index in [2.05, 4.69) is 15.2 Å². The van der Waals surface area contributed by atoms with Gasteiger partial charge in [-0.05, 0) is 37.0 Å². The van der Waals surface area contributed by atoms with Gasteiger partial charge in [-0.25, -0.2) is 14.9 Å². The topological polar surface area (TPSA) is 77.5 Å². The van der Waals surface area contributed by atoms with Gasteiger partial charge in [-0.3, -0.25) is 14.9 Å². The van der Waals surface area contributed by atoms with Crippen molar-refractivity contribution < 1.29 is 14.4 Å². The monoisotopic (exact) mass is 440 g/mol. The number of anilines is 1. The molecule has 1 amide bonds. The number of pyridine rings is 1. The van der Waals surface area contributed by atoms with Crippen LogP contribution in [0.2, 0.25) is 5.02 Å². The zero-order chi connectivity index (χ0) is 17.8. The molecule has 3 rings (SSSR count). The zero-order valence-electron chi connectivity index (χ0n) is 14.7. The number of nitrogens with zero attached hydrogens (tertiary/aromatic N) is 2. The fraction of sp³-hybridized carbons (Fsp3) is 0.529. The number of hydrogen-bond donors (Lipinski definition) is 3. The maximum absolute atomic E-state index is 13.4. The normalized spacial score (nSPS) is 20.7. The van der Waals surface area contributed by atoms with Gasteiger partial charge in [-0.2, -0.15) is 0 Å². The van der Waals surface area contributed by atoms with E-state index in [0.29, 0.717) is 28.5 Å². The molecule has 1 aromatic rings. The second kappa shape index (κ2) is 11.0. The molecule has 1 saturated carbocycles. The average molecular weight is 442 g/mol. The van der Waals surface area contributed by atoms with Crippen LogP contribution < -0.4 is 10.8 Å². The lowest BCUT2D eigenvalue weighted by atomic mass is 10.2. The standard InChI is InChI=1S/C17H22ClFN4O2.2ClH/c18-14-7-11(8-15(19)17(24)22-25)9-20-16(14)21-12-5-6-23(10-12)13-3-1-2-4-13;;/h7-9,12-13,25H,1-6,10H2,(H,20,21)(H,22,24);2*1H/b15-8-;;/t12-;;/m1../s1. The number of hydrogen-bond acceptors (Lipinski definition) is 5. The molecule has 1 aliphatic heterocycles. The van der Waals surface area contributed by atoms with Gasteiger partial charge in [0, 0.05) is 31.4 Å². The molecule has 152 valence electrons. The first-order chi connectivity index (χ1) is 12.1. The fourth-order valence-electron chi connectivity index (χ4n) is 3.60. The summed E-state index contributed by atoms with van der Waals surface area (Å²) in [5, 5.41) is 12.1. The summed E-state index contributed by atoms with van der Waals surface area (Å²) in [6.45, 7) is 2.07. The minimum atomic E-state index is -1.21. The number of hydroxylamine groups is 1. The van der Waals surface area contributed by atoms with E-state index >= 15 is 0 Å². The van der Waals surface area contributed by atoms with Crippen molar-refractivity contribution in [2.75, 3.05) is 18.4 Å². The van der Waals surface area contributed by atoms with Gasteiger partial charge in [0.25, 0.3) is 0 Å². The van der Waals surface area contributed by atoms with Crippen molar-refractivity contribution in [1.29, 1.82) is 0 Å². The smallest absolute Gasteiger partial charge is 0.303 e. The lowest BCUT2D eigenvalue weighted by molar-refractivity contribution is -0.126. The van der Waals surface area contributed by atoms with Crippen LogP contribution in [0.1, 0.15) is 37.7 Å². The minimum absolute atomic E-state index is 0. The molecule has 0 radical (unpaired) electrons. The van der Waals surface area contributed by atoms with Crippen LogP contribution in [0.25, 0.3) is 6.08 Å². The first-order valence-electron chi connectivity index (χ1n) is 8.54. The Balaban J connectivity index is 0.00000182. The Morgan fingerprint density at radius 2 is 2.04 bits per heavy atom. The third-order valence-electron chi connectivity index (χ3n) is 4.88. The first kappa shape index (κ1) is 23.9. The van der Waals surface area contributed by atoms with E-state index in [9.17, 15) is 9.18 Å². The van der Waals surface area contributed by atoms with Crippen molar-refractivity contribution in [2.24, 2.45) is 0 Å². The number of halogens is 4. The first-order valence-corrected chi connectivity index (χ1v) is 8.92. The zero-order valence-corrected chi connectivity index (χ0v) is 17.0. The largest absolute Gasteiger partial charge is 0.365 e. The van der Waals surface area contributed by atoms with Gasteiger partial charge in [0.1, 0.15) is 5.82 Å². The third kappa shape index (κ3) is 6.19. The second-order valence-electron chi connectivity index (χ2n) is 6.60. The highest BCUT2D eigenvalue weighted by Crippen LogP contribution is 2.29. The highest BCUT2D eigenvalue weighted by molar-refractivity contribution is 6.33.